The van der Waals surface area contributed by atoms with Gasteiger partial charge in [0.1, 0.15) is 5.82 Å². The molecule has 1 heterocycles. The highest BCUT2D eigenvalue weighted by molar-refractivity contribution is 7.99. The first kappa shape index (κ1) is 16.4. The molecule has 1 aliphatic carbocycles. The molecule has 1 fully saturated rings. The molecule has 2 rings (SSSR count). The fraction of sp³-hybridized carbons (Fsp3) is 0.600. The second-order valence-electron chi connectivity index (χ2n) is 5.22. The molecule has 0 spiro atoms. The van der Waals surface area contributed by atoms with Gasteiger partial charge in [-0.1, -0.05) is 24.4 Å². The van der Waals surface area contributed by atoms with Crippen molar-refractivity contribution in [1.82, 2.24) is 10.3 Å². The van der Waals surface area contributed by atoms with E-state index >= 15 is 0 Å². The number of pyridine rings is 1. The number of rotatable bonds is 5. The Morgan fingerprint density at radius 2 is 2.24 bits per heavy atom. The van der Waals surface area contributed by atoms with Gasteiger partial charge in [0.05, 0.1) is 10.6 Å². The number of carbonyl (C=O) groups excluding carboxylic acids is 1. The molecule has 1 saturated carbocycles. The molecule has 2 atom stereocenters. The van der Waals surface area contributed by atoms with Crippen LogP contribution in [0, 0.1) is 0 Å². The number of hydrogen-bond acceptors (Lipinski definition) is 4. The Kier molecular flexibility index (Phi) is 6.18. The Morgan fingerprint density at radius 1 is 1.48 bits per heavy atom. The van der Waals surface area contributed by atoms with Gasteiger partial charge in [-0.05, 0) is 32.1 Å². The van der Waals surface area contributed by atoms with Crippen LogP contribution in [0.5, 0.6) is 0 Å². The number of halogens is 1. The summed E-state index contributed by atoms with van der Waals surface area (Å²) in [5, 5.41) is 7.14. The van der Waals surface area contributed by atoms with Crippen LogP contribution < -0.4 is 10.6 Å². The van der Waals surface area contributed by atoms with Gasteiger partial charge in [-0.3, -0.25) is 4.79 Å². The normalized spacial score (nSPS) is 21.9. The summed E-state index contributed by atoms with van der Waals surface area (Å²) in [6.07, 6.45) is 8.27. The summed E-state index contributed by atoms with van der Waals surface area (Å²) in [4.78, 5) is 16.7. The van der Waals surface area contributed by atoms with Crippen LogP contribution in [0.25, 0.3) is 0 Å². The van der Waals surface area contributed by atoms with Gasteiger partial charge >= 0.3 is 0 Å². The van der Waals surface area contributed by atoms with Crippen LogP contribution in [0.3, 0.4) is 0 Å². The van der Waals surface area contributed by atoms with Crippen molar-refractivity contribution in [3.63, 3.8) is 0 Å². The van der Waals surface area contributed by atoms with Crippen molar-refractivity contribution in [1.29, 1.82) is 0 Å². The van der Waals surface area contributed by atoms with Crippen LogP contribution in [0.2, 0.25) is 5.02 Å². The largest absolute Gasteiger partial charge is 0.370 e. The standard InChI is InChI=1S/C15H22ClN3OS/c1-3-17-14-8-10(11(16)9-18-14)15(20)19-12-6-4-5-7-13(12)21-2/h8-9,12-13H,3-7H2,1-2H3,(H,17,18)(H,19,20). The predicted molar refractivity (Wildman–Crippen MR) is 90.4 cm³/mol. The zero-order valence-electron chi connectivity index (χ0n) is 12.5. The second-order valence-corrected chi connectivity index (χ2v) is 6.70. The van der Waals surface area contributed by atoms with E-state index in [0.29, 0.717) is 21.7 Å². The van der Waals surface area contributed by atoms with E-state index < -0.39 is 0 Å². The molecule has 0 aliphatic heterocycles. The van der Waals surface area contributed by atoms with Crippen LogP contribution in [0.1, 0.15) is 43.0 Å². The van der Waals surface area contributed by atoms with Gasteiger partial charge in [-0.25, -0.2) is 4.98 Å². The van der Waals surface area contributed by atoms with E-state index in [-0.39, 0.29) is 11.9 Å². The molecule has 2 unspecified atom stereocenters. The average Bonchev–Trinajstić information content (AvgIpc) is 2.50. The Balaban J connectivity index is 2.10. The van der Waals surface area contributed by atoms with E-state index in [4.69, 9.17) is 11.6 Å². The van der Waals surface area contributed by atoms with Crippen LogP contribution >= 0.6 is 23.4 Å². The molecule has 116 valence electrons. The number of nitrogens with one attached hydrogen (secondary N) is 2. The second kappa shape index (κ2) is 7.90. The number of anilines is 1. The molecule has 1 aromatic heterocycles. The van der Waals surface area contributed by atoms with E-state index in [9.17, 15) is 4.79 Å². The van der Waals surface area contributed by atoms with Crippen LogP contribution in [-0.2, 0) is 0 Å². The van der Waals surface area contributed by atoms with Crippen LogP contribution in [0.4, 0.5) is 5.82 Å². The summed E-state index contributed by atoms with van der Waals surface area (Å²) in [5.41, 5.74) is 0.494. The molecular weight excluding hydrogens is 306 g/mol. The topological polar surface area (TPSA) is 54.0 Å². The number of aromatic nitrogens is 1. The molecule has 6 heteroatoms. The van der Waals surface area contributed by atoms with Crippen LogP contribution in [0.15, 0.2) is 12.3 Å². The van der Waals surface area contributed by atoms with E-state index in [1.165, 1.54) is 25.5 Å². The Labute approximate surface area is 135 Å². The average molecular weight is 328 g/mol. The van der Waals surface area contributed by atoms with Gasteiger partial charge in [0.15, 0.2) is 0 Å². The third kappa shape index (κ3) is 4.27. The molecule has 0 radical (unpaired) electrons. The van der Waals surface area contributed by atoms with Gasteiger partial charge < -0.3 is 10.6 Å². The van der Waals surface area contributed by atoms with E-state index in [0.717, 1.165) is 13.0 Å². The first-order valence-electron chi connectivity index (χ1n) is 7.38. The highest BCUT2D eigenvalue weighted by atomic mass is 35.5. The highest BCUT2D eigenvalue weighted by Crippen LogP contribution is 2.28. The monoisotopic (exact) mass is 327 g/mol. The summed E-state index contributed by atoms with van der Waals surface area (Å²) >= 11 is 7.96. The first-order valence-corrected chi connectivity index (χ1v) is 9.05. The van der Waals surface area contributed by atoms with Gasteiger partial charge in [0.2, 0.25) is 0 Å². The van der Waals surface area contributed by atoms with Crippen LogP contribution in [-0.4, -0.2) is 35.0 Å². The van der Waals surface area contributed by atoms with Crippen molar-refractivity contribution in [3.8, 4) is 0 Å². The third-order valence-corrected chi connectivity index (χ3v) is 5.25. The maximum Gasteiger partial charge on any atom is 0.253 e. The molecule has 0 aromatic carbocycles. The van der Waals surface area contributed by atoms with Crippen molar-refractivity contribution in [3.05, 3.63) is 22.8 Å². The summed E-state index contributed by atoms with van der Waals surface area (Å²) in [7, 11) is 0. The molecule has 1 amide bonds. The lowest BCUT2D eigenvalue weighted by Crippen LogP contribution is -2.43. The predicted octanol–water partition coefficient (Wildman–Crippen LogP) is 3.57. The summed E-state index contributed by atoms with van der Waals surface area (Å²) in [6.45, 7) is 2.74. The maximum atomic E-state index is 12.5. The molecule has 1 aliphatic rings. The maximum absolute atomic E-state index is 12.5. The Morgan fingerprint density at radius 3 is 2.95 bits per heavy atom. The molecule has 0 saturated heterocycles. The summed E-state index contributed by atoms with van der Waals surface area (Å²) in [6, 6.07) is 1.95. The number of nitrogens with zero attached hydrogens (tertiary/aromatic N) is 1. The van der Waals surface area contributed by atoms with E-state index in [1.807, 2.05) is 18.7 Å². The van der Waals surface area contributed by atoms with Crippen molar-refractivity contribution < 1.29 is 4.79 Å². The number of thioether (sulfide) groups is 1. The van der Waals surface area contributed by atoms with E-state index in [2.05, 4.69) is 21.9 Å². The summed E-state index contributed by atoms with van der Waals surface area (Å²) < 4.78 is 0. The fourth-order valence-corrected chi connectivity index (χ4v) is 3.80. The van der Waals surface area contributed by atoms with Crippen molar-refractivity contribution in [2.45, 2.75) is 43.9 Å². The molecule has 0 bridgehead atoms. The lowest BCUT2D eigenvalue weighted by molar-refractivity contribution is 0.0929. The minimum absolute atomic E-state index is 0.104. The molecule has 4 nitrogen and oxygen atoms in total. The summed E-state index contributed by atoms with van der Waals surface area (Å²) in [5.74, 6) is 0.574. The van der Waals surface area contributed by atoms with Gasteiger partial charge in [-0.2, -0.15) is 11.8 Å². The van der Waals surface area contributed by atoms with Gasteiger partial charge in [-0.15, -0.1) is 0 Å². The lowest BCUT2D eigenvalue weighted by atomic mass is 9.94. The smallest absolute Gasteiger partial charge is 0.253 e. The molecular formula is C15H22ClN3OS. The van der Waals surface area contributed by atoms with Gasteiger partial charge in [0, 0.05) is 24.0 Å². The fourth-order valence-electron chi connectivity index (χ4n) is 2.68. The highest BCUT2D eigenvalue weighted by Gasteiger charge is 2.26. The van der Waals surface area contributed by atoms with Crippen molar-refractivity contribution in [2.24, 2.45) is 0 Å². The quantitative estimate of drug-likeness (QED) is 0.868. The number of carbonyl (C=O) groups is 1. The zero-order chi connectivity index (χ0) is 15.2. The SMILES string of the molecule is CCNc1cc(C(=O)NC2CCCCC2SC)c(Cl)cn1. The Hall–Kier alpha value is -0.940. The molecule has 2 N–H and O–H groups in total. The molecule has 1 aromatic rings. The lowest BCUT2D eigenvalue weighted by Gasteiger charge is -2.31. The number of hydrogen-bond donors (Lipinski definition) is 2. The van der Waals surface area contributed by atoms with Crippen molar-refractivity contribution in [2.75, 3.05) is 18.1 Å². The third-order valence-electron chi connectivity index (χ3n) is 3.78. The van der Waals surface area contributed by atoms with E-state index in [1.54, 1.807) is 6.07 Å². The number of amides is 1. The van der Waals surface area contributed by atoms with Crippen molar-refractivity contribution >= 4 is 35.1 Å². The minimum atomic E-state index is -0.104. The first-order chi connectivity index (χ1) is 10.2. The van der Waals surface area contributed by atoms with Gasteiger partial charge in [0.25, 0.3) is 5.91 Å². The minimum Gasteiger partial charge on any atom is -0.370 e. The molecule has 21 heavy (non-hydrogen) atoms. The Bertz CT molecular complexity index is 498. The zero-order valence-corrected chi connectivity index (χ0v) is 14.1.